The number of hydrogen-bond acceptors (Lipinski definition) is 4. The summed E-state index contributed by atoms with van der Waals surface area (Å²) in [7, 11) is 2.93. The predicted molar refractivity (Wildman–Crippen MR) is 60.0 cm³/mol. The Morgan fingerprint density at radius 1 is 1.29 bits per heavy atom. The normalized spacial score (nSPS) is 11.8. The van der Waals surface area contributed by atoms with Gasteiger partial charge in [-0.05, 0) is 19.1 Å². The van der Waals surface area contributed by atoms with E-state index >= 15 is 0 Å². The van der Waals surface area contributed by atoms with Crippen LogP contribution in [0.15, 0.2) is 18.2 Å². The molecular formula is C12H15FO4. The summed E-state index contributed by atoms with van der Waals surface area (Å²) in [5, 5.41) is 0. The zero-order chi connectivity index (χ0) is 12.8. The summed E-state index contributed by atoms with van der Waals surface area (Å²) < 4.78 is 28.3. The van der Waals surface area contributed by atoms with Crippen LogP contribution in [-0.2, 0) is 9.53 Å². The van der Waals surface area contributed by atoms with Crippen LogP contribution in [0.4, 0.5) is 4.39 Å². The van der Waals surface area contributed by atoms with Crippen LogP contribution in [0.5, 0.6) is 11.5 Å². The van der Waals surface area contributed by atoms with Gasteiger partial charge in [0, 0.05) is 5.56 Å². The van der Waals surface area contributed by atoms with Gasteiger partial charge in [0.1, 0.15) is 0 Å². The summed E-state index contributed by atoms with van der Waals surface area (Å²) in [4.78, 5) is 11.2. The van der Waals surface area contributed by atoms with Crippen LogP contribution in [0.1, 0.15) is 18.7 Å². The number of benzene rings is 1. The fraction of sp³-hybridized carbons (Fsp3) is 0.417. The van der Waals surface area contributed by atoms with Gasteiger partial charge in [0.25, 0.3) is 0 Å². The Morgan fingerprint density at radius 2 is 1.94 bits per heavy atom. The lowest BCUT2D eigenvalue weighted by Gasteiger charge is -2.11. The van der Waals surface area contributed by atoms with Gasteiger partial charge in [0.2, 0.25) is 6.17 Å². The number of halogens is 1. The average Bonchev–Trinajstić information content (AvgIpc) is 2.37. The zero-order valence-electron chi connectivity index (χ0n) is 10.0. The molecule has 0 spiro atoms. The third kappa shape index (κ3) is 3.09. The van der Waals surface area contributed by atoms with Crippen molar-refractivity contribution < 1.29 is 23.4 Å². The van der Waals surface area contributed by atoms with E-state index in [4.69, 9.17) is 9.47 Å². The molecule has 0 fully saturated rings. The molecule has 1 aromatic carbocycles. The fourth-order valence-electron chi connectivity index (χ4n) is 1.36. The van der Waals surface area contributed by atoms with Gasteiger partial charge >= 0.3 is 5.97 Å². The van der Waals surface area contributed by atoms with Crippen LogP contribution in [-0.4, -0.2) is 26.8 Å². The van der Waals surface area contributed by atoms with E-state index in [0.717, 1.165) is 0 Å². The van der Waals surface area contributed by atoms with E-state index in [1.165, 1.54) is 26.4 Å². The minimum Gasteiger partial charge on any atom is -0.493 e. The highest BCUT2D eigenvalue weighted by Crippen LogP contribution is 2.31. The van der Waals surface area contributed by atoms with Gasteiger partial charge in [-0.2, -0.15) is 0 Å². The lowest BCUT2D eigenvalue weighted by molar-refractivity contribution is -0.149. The molecule has 0 radical (unpaired) electrons. The Morgan fingerprint density at radius 3 is 2.47 bits per heavy atom. The minimum atomic E-state index is -1.81. The van der Waals surface area contributed by atoms with Gasteiger partial charge in [-0.3, -0.25) is 0 Å². The Hall–Kier alpha value is -1.78. The number of rotatable bonds is 5. The standard InChI is InChI=1S/C12H15FO4/c1-4-17-12(14)11(13)8-5-6-9(15-2)10(7-8)16-3/h5-7,11H,4H2,1-3H3. The van der Waals surface area contributed by atoms with E-state index in [0.29, 0.717) is 11.5 Å². The SMILES string of the molecule is CCOC(=O)C(F)c1ccc(OC)c(OC)c1. The van der Waals surface area contributed by atoms with Crippen LogP contribution in [0.2, 0.25) is 0 Å². The smallest absolute Gasteiger partial charge is 0.345 e. The molecule has 0 amide bonds. The van der Waals surface area contributed by atoms with Gasteiger partial charge in [0.05, 0.1) is 20.8 Å². The summed E-state index contributed by atoms with van der Waals surface area (Å²) in [6.45, 7) is 1.77. The second kappa shape index (κ2) is 6.08. The number of methoxy groups -OCH3 is 2. The third-order valence-corrected chi connectivity index (χ3v) is 2.19. The second-order valence-corrected chi connectivity index (χ2v) is 3.23. The largest absolute Gasteiger partial charge is 0.493 e. The summed E-state index contributed by atoms with van der Waals surface area (Å²) in [5.41, 5.74) is 0.182. The molecule has 0 aliphatic rings. The molecule has 0 saturated heterocycles. The molecule has 1 unspecified atom stereocenters. The number of alkyl halides is 1. The number of carbonyl (C=O) groups excluding carboxylic acids is 1. The summed E-state index contributed by atoms with van der Waals surface area (Å²) in [6, 6.07) is 4.42. The van der Waals surface area contributed by atoms with Crippen LogP contribution >= 0.6 is 0 Å². The van der Waals surface area contributed by atoms with Gasteiger partial charge in [-0.25, -0.2) is 9.18 Å². The van der Waals surface area contributed by atoms with Crippen molar-refractivity contribution in [1.29, 1.82) is 0 Å². The lowest BCUT2D eigenvalue weighted by Crippen LogP contribution is -2.12. The number of carbonyl (C=O) groups is 1. The molecule has 0 aliphatic carbocycles. The van der Waals surface area contributed by atoms with Crippen molar-refractivity contribution in [3.63, 3.8) is 0 Å². The first kappa shape index (κ1) is 13.3. The molecule has 94 valence electrons. The maximum atomic E-state index is 13.7. The quantitative estimate of drug-likeness (QED) is 0.743. The highest BCUT2D eigenvalue weighted by atomic mass is 19.1. The highest BCUT2D eigenvalue weighted by Gasteiger charge is 2.22. The molecule has 17 heavy (non-hydrogen) atoms. The van der Waals surface area contributed by atoms with Crippen LogP contribution in [0.3, 0.4) is 0 Å². The van der Waals surface area contributed by atoms with Gasteiger partial charge in [0.15, 0.2) is 11.5 Å². The van der Waals surface area contributed by atoms with Crippen molar-refractivity contribution in [1.82, 2.24) is 0 Å². The lowest BCUT2D eigenvalue weighted by atomic mass is 10.1. The number of ether oxygens (including phenoxy) is 3. The Labute approximate surface area is 99.3 Å². The molecule has 0 heterocycles. The molecule has 0 N–H and O–H groups in total. The Bertz CT molecular complexity index is 392. The minimum absolute atomic E-state index is 0.145. The molecule has 1 aromatic rings. The third-order valence-electron chi connectivity index (χ3n) is 2.19. The zero-order valence-corrected chi connectivity index (χ0v) is 10.0. The van der Waals surface area contributed by atoms with Crippen molar-refractivity contribution in [2.24, 2.45) is 0 Å². The predicted octanol–water partition coefficient (Wildman–Crippen LogP) is 2.28. The fourth-order valence-corrected chi connectivity index (χ4v) is 1.36. The van der Waals surface area contributed by atoms with E-state index in [1.54, 1.807) is 13.0 Å². The Balaban J connectivity index is 2.95. The molecule has 0 bridgehead atoms. The van der Waals surface area contributed by atoms with E-state index in [1.807, 2.05) is 0 Å². The first-order chi connectivity index (χ1) is 8.13. The van der Waals surface area contributed by atoms with Gasteiger partial charge < -0.3 is 14.2 Å². The first-order valence-corrected chi connectivity index (χ1v) is 5.16. The van der Waals surface area contributed by atoms with Crippen molar-refractivity contribution in [3.8, 4) is 11.5 Å². The summed E-state index contributed by atoms with van der Waals surface area (Å²) in [5.74, 6) is -0.0519. The van der Waals surface area contributed by atoms with Crippen LogP contribution < -0.4 is 9.47 Å². The monoisotopic (exact) mass is 242 g/mol. The van der Waals surface area contributed by atoms with Crippen molar-refractivity contribution >= 4 is 5.97 Å². The number of hydrogen-bond donors (Lipinski definition) is 0. The summed E-state index contributed by atoms with van der Waals surface area (Å²) >= 11 is 0. The van der Waals surface area contributed by atoms with Crippen LogP contribution in [0.25, 0.3) is 0 Å². The Kier molecular flexibility index (Phi) is 4.75. The van der Waals surface area contributed by atoms with Crippen molar-refractivity contribution in [2.45, 2.75) is 13.1 Å². The second-order valence-electron chi connectivity index (χ2n) is 3.23. The molecule has 1 rings (SSSR count). The van der Waals surface area contributed by atoms with Crippen LogP contribution in [0, 0.1) is 0 Å². The molecule has 5 heteroatoms. The van der Waals surface area contributed by atoms with E-state index in [2.05, 4.69) is 4.74 Å². The molecule has 0 saturated carbocycles. The molecule has 1 atom stereocenters. The average molecular weight is 242 g/mol. The van der Waals surface area contributed by atoms with Crippen molar-refractivity contribution in [2.75, 3.05) is 20.8 Å². The van der Waals surface area contributed by atoms with Gasteiger partial charge in [-0.1, -0.05) is 6.07 Å². The number of esters is 1. The molecule has 0 aromatic heterocycles. The molecule has 0 aliphatic heterocycles. The van der Waals surface area contributed by atoms with Crippen molar-refractivity contribution in [3.05, 3.63) is 23.8 Å². The van der Waals surface area contributed by atoms with E-state index < -0.39 is 12.1 Å². The van der Waals surface area contributed by atoms with E-state index in [-0.39, 0.29) is 12.2 Å². The maximum absolute atomic E-state index is 13.7. The maximum Gasteiger partial charge on any atom is 0.345 e. The van der Waals surface area contributed by atoms with E-state index in [9.17, 15) is 9.18 Å². The highest BCUT2D eigenvalue weighted by molar-refractivity contribution is 5.76. The first-order valence-electron chi connectivity index (χ1n) is 5.16. The molecule has 4 nitrogen and oxygen atoms in total. The molecular weight excluding hydrogens is 227 g/mol. The summed E-state index contributed by atoms with van der Waals surface area (Å²) in [6.07, 6.45) is -1.81. The topological polar surface area (TPSA) is 44.8 Å². The van der Waals surface area contributed by atoms with Gasteiger partial charge in [-0.15, -0.1) is 0 Å².